The van der Waals surface area contributed by atoms with Crippen LogP contribution >= 0.6 is 0 Å². The second-order valence-electron chi connectivity index (χ2n) is 6.60. The molecule has 0 spiro atoms. The van der Waals surface area contributed by atoms with Crippen molar-refractivity contribution in [3.05, 3.63) is 90.1 Å². The maximum absolute atomic E-state index is 13.3. The summed E-state index contributed by atoms with van der Waals surface area (Å²) in [5, 5.41) is 3.33. The number of carbonyl (C=O) groups is 1. The number of rotatable bonds is 7. The SMILES string of the molecule is CCC(C)Nc1cc(C(=O)N(Cc2ccccc2)c2ccccc2)ccn1. The fourth-order valence-corrected chi connectivity index (χ4v) is 2.81. The lowest BCUT2D eigenvalue weighted by molar-refractivity contribution is 0.0985. The molecule has 0 aliphatic rings. The van der Waals surface area contributed by atoms with E-state index in [-0.39, 0.29) is 5.91 Å². The molecule has 1 amide bonds. The number of nitrogens with one attached hydrogen (secondary N) is 1. The summed E-state index contributed by atoms with van der Waals surface area (Å²) in [6, 6.07) is 23.7. The number of aromatic nitrogens is 1. The number of carbonyl (C=O) groups excluding carboxylic acids is 1. The Morgan fingerprint density at radius 3 is 2.37 bits per heavy atom. The van der Waals surface area contributed by atoms with Gasteiger partial charge in [-0.05, 0) is 43.2 Å². The average molecular weight is 359 g/mol. The number of hydrogen-bond donors (Lipinski definition) is 1. The Kier molecular flexibility index (Phi) is 6.21. The predicted octanol–water partition coefficient (Wildman–Crippen LogP) is 5.14. The first-order chi connectivity index (χ1) is 13.2. The number of nitrogens with zero attached hydrogens (tertiary/aromatic N) is 2. The van der Waals surface area contributed by atoms with E-state index in [0.717, 1.165) is 23.5 Å². The minimum Gasteiger partial charge on any atom is -0.368 e. The van der Waals surface area contributed by atoms with E-state index in [2.05, 4.69) is 24.1 Å². The minimum atomic E-state index is -0.0420. The van der Waals surface area contributed by atoms with Crippen LogP contribution in [0.15, 0.2) is 79.0 Å². The molecule has 4 nitrogen and oxygen atoms in total. The summed E-state index contributed by atoms with van der Waals surface area (Å²) in [5.74, 6) is 0.683. The predicted molar refractivity (Wildman–Crippen MR) is 111 cm³/mol. The van der Waals surface area contributed by atoms with Gasteiger partial charge in [-0.1, -0.05) is 55.5 Å². The van der Waals surface area contributed by atoms with Crippen molar-refractivity contribution >= 4 is 17.4 Å². The fourth-order valence-electron chi connectivity index (χ4n) is 2.81. The van der Waals surface area contributed by atoms with Crippen LogP contribution in [0.25, 0.3) is 0 Å². The van der Waals surface area contributed by atoms with E-state index >= 15 is 0 Å². The van der Waals surface area contributed by atoms with Crippen molar-refractivity contribution in [1.82, 2.24) is 4.98 Å². The highest BCUT2D eigenvalue weighted by molar-refractivity contribution is 6.06. The summed E-state index contributed by atoms with van der Waals surface area (Å²) in [4.78, 5) is 19.5. The lowest BCUT2D eigenvalue weighted by atomic mass is 10.1. The summed E-state index contributed by atoms with van der Waals surface area (Å²) in [6.07, 6.45) is 2.67. The standard InChI is InChI=1S/C23H25N3O/c1-3-18(2)25-22-16-20(14-15-24-22)23(27)26(21-12-8-5-9-13-21)17-19-10-6-4-7-11-19/h4-16,18H,3,17H2,1-2H3,(H,24,25). The first-order valence-electron chi connectivity index (χ1n) is 9.31. The molecule has 138 valence electrons. The molecule has 3 rings (SSSR count). The van der Waals surface area contributed by atoms with Crippen molar-refractivity contribution in [3.63, 3.8) is 0 Å². The lowest BCUT2D eigenvalue weighted by Crippen LogP contribution is -2.30. The summed E-state index contributed by atoms with van der Waals surface area (Å²) >= 11 is 0. The first kappa shape index (κ1) is 18.6. The Morgan fingerprint density at radius 1 is 1.04 bits per heavy atom. The Hall–Kier alpha value is -3.14. The quantitative estimate of drug-likeness (QED) is 0.635. The molecule has 0 aliphatic carbocycles. The molecule has 0 bridgehead atoms. The third-order valence-electron chi connectivity index (χ3n) is 4.51. The maximum Gasteiger partial charge on any atom is 0.258 e. The van der Waals surface area contributed by atoms with Gasteiger partial charge in [0, 0.05) is 23.5 Å². The topological polar surface area (TPSA) is 45.2 Å². The van der Waals surface area contributed by atoms with Crippen molar-refractivity contribution in [2.45, 2.75) is 32.9 Å². The van der Waals surface area contributed by atoms with Gasteiger partial charge in [0.1, 0.15) is 5.82 Å². The minimum absolute atomic E-state index is 0.0420. The van der Waals surface area contributed by atoms with Gasteiger partial charge in [0.25, 0.3) is 5.91 Å². The van der Waals surface area contributed by atoms with Gasteiger partial charge in [-0.15, -0.1) is 0 Å². The Morgan fingerprint density at radius 2 is 1.70 bits per heavy atom. The molecule has 0 aliphatic heterocycles. The summed E-state index contributed by atoms with van der Waals surface area (Å²) < 4.78 is 0. The van der Waals surface area contributed by atoms with Crippen LogP contribution in [0, 0.1) is 0 Å². The number of benzene rings is 2. The molecular formula is C23H25N3O. The Balaban J connectivity index is 1.90. The van der Waals surface area contributed by atoms with Gasteiger partial charge in [0.15, 0.2) is 0 Å². The molecule has 1 atom stereocenters. The fraction of sp³-hybridized carbons (Fsp3) is 0.217. The molecule has 0 saturated carbocycles. The van der Waals surface area contributed by atoms with Crippen LogP contribution in [0.3, 0.4) is 0 Å². The number of para-hydroxylation sites is 1. The van der Waals surface area contributed by atoms with Gasteiger partial charge in [-0.2, -0.15) is 0 Å². The Labute approximate surface area is 160 Å². The first-order valence-corrected chi connectivity index (χ1v) is 9.31. The van der Waals surface area contributed by atoms with E-state index < -0.39 is 0 Å². The van der Waals surface area contributed by atoms with Crippen molar-refractivity contribution in [2.24, 2.45) is 0 Å². The normalized spacial score (nSPS) is 11.6. The maximum atomic E-state index is 13.3. The number of amides is 1. The van der Waals surface area contributed by atoms with Crippen LogP contribution in [-0.2, 0) is 6.54 Å². The second-order valence-corrected chi connectivity index (χ2v) is 6.60. The van der Waals surface area contributed by atoms with Crippen molar-refractivity contribution in [2.75, 3.05) is 10.2 Å². The van der Waals surface area contributed by atoms with Gasteiger partial charge in [-0.3, -0.25) is 4.79 Å². The Bertz CT molecular complexity index is 865. The molecule has 0 saturated heterocycles. The monoisotopic (exact) mass is 359 g/mol. The van der Waals surface area contributed by atoms with E-state index in [9.17, 15) is 4.79 Å². The molecule has 1 unspecified atom stereocenters. The molecule has 1 N–H and O–H groups in total. The highest BCUT2D eigenvalue weighted by Crippen LogP contribution is 2.21. The molecule has 0 fully saturated rings. The van der Waals surface area contributed by atoms with E-state index in [1.54, 1.807) is 17.2 Å². The molecule has 4 heteroatoms. The molecular weight excluding hydrogens is 334 g/mol. The number of pyridine rings is 1. The summed E-state index contributed by atoms with van der Waals surface area (Å²) in [6.45, 7) is 4.73. The molecule has 0 radical (unpaired) electrons. The van der Waals surface area contributed by atoms with Gasteiger partial charge in [-0.25, -0.2) is 4.98 Å². The highest BCUT2D eigenvalue weighted by atomic mass is 16.2. The lowest BCUT2D eigenvalue weighted by Gasteiger charge is -2.23. The zero-order chi connectivity index (χ0) is 19.1. The summed E-state index contributed by atoms with van der Waals surface area (Å²) in [7, 11) is 0. The van der Waals surface area contributed by atoms with E-state index in [4.69, 9.17) is 0 Å². The average Bonchev–Trinajstić information content (AvgIpc) is 2.73. The van der Waals surface area contributed by atoms with E-state index in [0.29, 0.717) is 18.2 Å². The van der Waals surface area contributed by atoms with Crippen LogP contribution in [0.1, 0.15) is 36.2 Å². The third kappa shape index (κ3) is 4.94. The zero-order valence-corrected chi connectivity index (χ0v) is 15.8. The second kappa shape index (κ2) is 8.99. The van der Waals surface area contributed by atoms with Gasteiger partial charge in [0.2, 0.25) is 0 Å². The van der Waals surface area contributed by atoms with Crippen LogP contribution < -0.4 is 10.2 Å². The number of anilines is 2. The van der Waals surface area contributed by atoms with Crippen LogP contribution in [-0.4, -0.2) is 16.9 Å². The molecule has 27 heavy (non-hydrogen) atoms. The van der Waals surface area contributed by atoms with Gasteiger partial charge in [0.05, 0.1) is 6.54 Å². The van der Waals surface area contributed by atoms with Gasteiger partial charge < -0.3 is 10.2 Å². The third-order valence-corrected chi connectivity index (χ3v) is 4.51. The molecule has 2 aromatic carbocycles. The van der Waals surface area contributed by atoms with Crippen LogP contribution in [0.4, 0.5) is 11.5 Å². The molecule has 3 aromatic rings. The van der Waals surface area contributed by atoms with Crippen molar-refractivity contribution in [1.29, 1.82) is 0 Å². The number of hydrogen-bond acceptors (Lipinski definition) is 3. The zero-order valence-electron chi connectivity index (χ0n) is 15.8. The van der Waals surface area contributed by atoms with E-state index in [1.807, 2.05) is 66.7 Å². The summed E-state index contributed by atoms with van der Waals surface area (Å²) in [5.41, 5.74) is 2.58. The van der Waals surface area contributed by atoms with Crippen LogP contribution in [0.2, 0.25) is 0 Å². The van der Waals surface area contributed by atoms with Crippen molar-refractivity contribution in [3.8, 4) is 0 Å². The largest absolute Gasteiger partial charge is 0.368 e. The molecule has 1 heterocycles. The smallest absolute Gasteiger partial charge is 0.258 e. The highest BCUT2D eigenvalue weighted by Gasteiger charge is 2.19. The molecule has 1 aromatic heterocycles. The van der Waals surface area contributed by atoms with E-state index in [1.165, 1.54) is 0 Å². The van der Waals surface area contributed by atoms with Crippen molar-refractivity contribution < 1.29 is 4.79 Å². The van der Waals surface area contributed by atoms with Gasteiger partial charge >= 0.3 is 0 Å². The van der Waals surface area contributed by atoms with Crippen LogP contribution in [0.5, 0.6) is 0 Å².